The van der Waals surface area contributed by atoms with E-state index in [0.717, 1.165) is 0 Å². The van der Waals surface area contributed by atoms with Crippen molar-refractivity contribution < 1.29 is 8.39 Å². The fourth-order valence-electron chi connectivity index (χ4n) is 0. The van der Waals surface area contributed by atoms with Crippen molar-refractivity contribution >= 4 is 48.3 Å². The fraction of sp³-hybridized carbons (Fsp3) is 1.00. The monoisotopic (exact) mass is 436 g/mol. The molecule has 0 fully saturated rings. The van der Waals surface area contributed by atoms with Crippen LogP contribution < -0.4 is 0 Å². The van der Waals surface area contributed by atoms with Crippen LogP contribution in [0.5, 0.6) is 0 Å². The molecule has 86 valence electrons. The highest BCUT2D eigenvalue weighted by Gasteiger charge is 1.72. The van der Waals surface area contributed by atoms with Crippen LogP contribution in [0.15, 0.2) is 0 Å². The molecule has 0 aromatic rings. The highest BCUT2D eigenvalue weighted by molar-refractivity contribution is 15.0. The second kappa shape index (κ2) is 37.4. The van der Waals surface area contributed by atoms with Crippen LogP contribution in [0.4, 0.5) is 0 Å². The van der Waals surface area contributed by atoms with Crippen molar-refractivity contribution in [2.45, 2.75) is 40.5 Å². The maximum Gasteiger partial charge on any atom is 0.151 e. The summed E-state index contributed by atoms with van der Waals surface area (Å²) < 4.78 is 13.9. The highest BCUT2D eigenvalue weighted by atomic mass is 128. The molecule has 0 amide bonds. The predicted molar refractivity (Wildman–Crippen MR) is 81.0 cm³/mol. The van der Waals surface area contributed by atoms with E-state index in [2.05, 4.69) is 69.1 Å². The van der Waals surface area contributed by atoms with Gasteiger partial charge in [0.15, 0.2) is 11.1 Å². The average Bonchev–Trinajstić information content (AvgIpc) is 2.11. The normalized spacial score (nSPS) is 8.92. The number of rotatable bonds is 1. The Balaban J connectivity index is -0.0000000446. The second-order valence-corrected chi connectivity index (χ2v) is 3.12. The molecule has 0 radical (unpaired) electrons. The lowest BCUT2D eigenvalue weighted by molar-refractivity contribution is 0.450. The topological polar surface area (TPSA) is 26.3 Å². The van der Waals surface area contributed by atoms with Crippen molar-refractivity contribution in [2.24, 2.45) is 0 Å². The Kier molecular flexibility index (Phi) is 69.1. The minimum Gasteiger partial charge on any atom is -0.294 e. The van der Waals surface area contributed by atoms with Crippen LogP contribution in [-0.4, -0.2) is 17.6 Å². The molecule has 2 nitrogen and oxygen atoms in total. The molecule has 1 atom stereocenters. The van der Waals surface area contributed by atoms with Gasteiger partial charge in [0.05, 0.1) is 7.11 Å². The zero-order valence-electron chi connectivity index (χ0n) is 9.39. The van der Waals surface area contributed by atoms with Gasteiger partial charge in [0.25, 0.3) is 0 Å². The lowest BCUT2D eigenvalue weighted by Gasteiger charge is -1.78. The molecule has 0 N–H and O–H groups in total. The molecule has 0 aromatic carbocycles. The van der Waals surface area contributed by atoms with Gasteiger partial charge in [-0.3, -0.25) is 4.18 Å². The molecule has 0 spiro atoms. The smallest absolute Gasteiger partial charge is 0.151 e. The van der Waals surface area contributed by atoms with Gasteiger partial charge in [0.1, 0.15) is 0 Å². The molecule has 0 saturated heterocycles. The van der Waals surface area contributed by atoms with Crippen LogP contribution in [0.25, 0.3) is 0 Å². The van der Waals surface area contributed by atoms with Gasteiger partial charge in [-0.25, -0.2) is 4.21 Å². The minimum absolute atomic E-state index is 1.07. The summed E-state index contributed by atoms with van der Waals surface area (Å²) in [5.74, 6) is 0. The zero-order chi connectivity index (χ0) is 11.7. The van der Waals surface area contributed by atoms with Crippen molar-refractivity contribution in [1.29, 1.82) is 0 Å². The van der Waals surface area contributed by atoms with E-state index in [9.17, 15) is 4.21 Å². The summed E-state index contributed by atoms with van der Waals surface area (Å²) in [7, 11) is 1.40. The van der Waals surface area contributed by atoms with E-state index in [1.54, 1.807) is 0 Å². The van der Waals surface area contributed by atoms with Gasteiger partial charge in [0.2, 0.25) is 0 Å². The van der Waals surface area contributed by atoms with Crippen molar-refractivity contribution in [3.05, 3.63) is 0 Å². The molecule has 0 aromatic heterocycles. The summed E-state index contributed by atoms with van der Waals surface area (Å²) in [5, 5.41) is 0. The van der Waals surface area contributed by atoms with Crippen LogP contribution in [0.2, 0.25) is 0 Å². The number of hydrogen-bond acceptors (Lipinski definition) is 2. The van der Waals surface area contributed by atoms with Crippen molar-refractivity contribution in [2.75, 3.05) is 13.4 Å². The molecule has 13 heavy (non-hydrogen) atoms. The van der Waals surface area contributed by atoms with E-state index < -0.39 is 11.1 Å². The molecule has 0 aliphatic rings. The van der Waals surface area contributed by atoms with Gasteiger partial charge >= 0.3 is 0 Å². The van der Waals surface area contributed by atoms with Gasteiger partial charge < -0.3 is 0 Å². The summed E-state index contributed by atoms with van der Waals surface area (Å²) in [4.78, 5) is 0. The summed E-state index contributed by atoms with van der Waals surface area (Å²) in [6.07, 6.45) is 3.97. The summed E-state index contributed by atoms with van der Waals surface area (Å²) in [5.41, 5.74) is 0. The largest absolute Gasteiger partial charge is 0.294 e. The predicted octanol–water partition coefficient (Wildman–Crippen LogP) is 4.53. The molecular weight excluding hydrogens is 414 g/mol. The molecule has 0 heterocycles. The summed E-state index contributed by atoms with van der Waals surface area (Å²) in [6.45, 7) is 8.50. The van der Waals surface area contributed by atoms with E-state index >= 15 is 0 Å². The molecule has 0 aliphatic heterocycles. The SMILES string of the molecule is CCC.CCC.COS(C)=O.II. The van der Waals surface area contributed by atoms with E-state index in [4.69, 9.17) is 0 Å². The summed E-state index contributed by atoms with van der Waals surface area (Å²) >= 11 is 3.17. The van der Waals surface area contributed by atoms with Crippen LogP contribution in [0.1, 0.15) is 40.5 Å². The van der Waals surface area contributed by atoms with Crippen LogP contribution in [0.3, 0.4) is 0 Å². The Labute approximate surface area is 110 Å². The fourth-order valence-corrected chi connectivity index (χ4v) is 0. The number of halogens is 2. The van der Waals surface area contributed by atoms with Gasteiger partial charge in [-0.05, 0) is 0 Å². The molecule has 0 bridgehead atoms. The average molecular weight is 436 g/mol. The molecule has 0 aliphatic carbocycles. The maximum atomic E-state index is 9.70. The van der Waals surface area contributed by atoms with E-state index in [1.165, 1.54) is 26.2 Å². The first-order valence-electron chi connectivity index (χ1n) is 4.12. The Morgan fingerprint density at radius 3 is 1.15 bits per heavy atom. The lowest BCUT2D eigenvalue weighted by atomic mass is 10.6. The molecule has 0 rings (SSSR count). The third-order valence-electron chi connectivity index (χ3n) is 0.235. The lowest BCUT2D eigenvalue weighted by Crippen LogP contribution is -1.83. The summed E-state index contributed by atoms with van der Waals surface area (Å²) in [6, 6.07) is 0. The standard InChI is InChI=1S/2C3H8.C2H6O2S.I2/c2*1-3-2;1-4-5(2)3;1-2/h2*3H2,1-2H3;1-2H3;. The van der Waals surface area contributed by atoms with Gasteiger partial charge in [-0.15, -0.1) is 0 Å². The van der Waals surface area contributed by atoms with E-state index in [1.807, 2.05) is 0 Å². The second-order valence-electron chi connectivity index (χ2n) is 1.98. The Hall–Kier alpha value is 1.57. The first-order valence-corrected chi connectivity index (χ1v) is 11.9. The van der Waals surface area contributed by atoms with E-state index in [0.29, 0.717) is 0 Å². The molecular formula is C8H22I2O2S. The maximum absolute atomic E-state index is 9.70. The Morgan fingerprint density at radius 1 is 1.08 bits per heavy atom. The van der Waals surface area contributed by atoms with Gasteiger partial charge in [-0.1, -0.05) is 40.5 Å². The van der Waals surface area contributed by atoms with Gasteiger partial charge in [0, 0.05) is 43.5 Å². The highest BCUT2D eigenvalue weighted by Crippen LogP contribution is 1.89. The quantitative estimate of drug-likeness (QED) is 0.565. The molecule has 0 saturated carbocycles. The van der Waals surface area contributed by atoms with Crippen molar-refractivity contribution in [3.63, 3.8) is 0 Å². The zero-order valence-corrected chi connectivity index (χ0v) is 14.5. The van der Waals surface area contributed by atoms with Gasteiger partial charge in [-0.2, -0.15) is 0 Å². The number of hydrogen-bond donors (Lipinski definition) is 0. The third kappa shape index (κ3) is 143. The third-order valence-corrected chi connectivity index (χ3v) is 0.704. The van der Waals surface area contributed by atoms with Crippen molar-refractivity contribution in [3.8, 4) is 0 Å². The molecule has 1 unspecified atom stereocenters. The van der Waals surface area contributed by atoms with Crippen LogP contribution >= 0.6 is 37.2 Å². The first kappa shape index (κ1) is 24.0. The first-order chi connectivity index (χ1) is 6.10. The minimum atomic E-state index is -1.07. The van der Waals surface area contributed by atoms with Crippen molar-refractivity contribution in [1.82, 2.24) is 0 Å². The Morgan fingerprint density at radius 2 is 1.15 bits per heavy atom. The Bertz CT molecular complexity index is 71.2. The van der Waals surface area contributed by atoms with Crippen LogP contribution in [0, 0.1) is 0 Å². The molecule has 5 heteroatoms. The van der Waals surface area contributed by atoms with Crippen LogP contribution in [-0.2, 0) is 15.3 Å². The van der Waals surface area contributed by atoms with E-state index in [-0.39, 0.29) is 0 Å².